The Balaban J connectivity index is 1.73. The fourth-order valence-electron chi connectivity index (χ4n) is 2.34. The number of rotatable bonds is 4. The summed E-state index contributed by atoms with van der Waals surface area (Å²) in [6, 6.07) is 10.5. The van der Waals surface area contributed by atoms with Crippen molar-refractivity contribution in [1.29, 1.82) is 0 Å². The van der Waals surface area contributed by atoms with Crippen molar-refractivity contribution in [3.8, 4) is 0 Å². The molecule has 2 N–H and O–H groups in total. The molecule has 0 spiro atoms. The van der Waals surface area contributed by atoms with Gasteiger partial charge in [-0.25, -0.2) is 0 Å². The number of anilines is 3. The van der Waals surface area contributed by atoms with Crippen LogP contribution in [0.3, 0.4) is 0 Å². The van der Waals surface area contributed by atoms with Gasteiger partial charge in [0.25, 0.3) is 0 Å². The second kappa shape index (κ2) is 4.96. The molecule has 0 radical (unpaired) electrons. The van der Waals surface area contributed by atoms with E-state index in [1.54, 1.807) is 0 Å². The molecule has 0 amide bonds. The molecule has 3 rings (SSSR count). The van der Waals surface area contributed by atoms with E-state index >= 15 is 0 Å². The summed E-state index contributed by atoms with van der Waals surface area (Å²) in [7, 11) is 4.09. The molecule has 0 saturated heterocycles. The van der Waals surface area contributed by atoms with E-state index in [0.29, 0.717) is 5.92 Å². The Hall–Kier alpha value is -1.97. The van der Waals surface area contributed by atoms with Gasteiger partial charge in [-0.2, -0.15) is 5.10 Å². The summed E-state index contributed by atoms with van der Waals surface area (Å²) < 4.78 is 0. The zero-order valence-corrected chi connectivity index (χ0v) is 11.5. The minimum absolute atomic E-state index is 0.691. The summed E-state index contributed by atoms with van der Waals surface area (Å²) in [4.78, 5) is 2.09. The van der Waals surface area contributed by atoms with Crippen LogP contribution >= 0.6 is 0 Å². The second-order valence-electron chi connectivity index (χ2n) is 5.41. The van der Waals surface area contributed by atoms with Gasteiger partial charge in [-0.3, -0.25) is 5.10 Å². The first-order valence-corrected chi connectivity index (χ1v) is 6.82. The summed E-state index contributed by atoms with van der Waals surface area (Å²) in [5.41, 5.74) is 3.51. The van der Waals surface area contributed by atoms with Crippen LogP contribution < -0.4 is 10.2 Å². The van der Waals surface area contributed by atoms with E-state index in [9.17, 15) is 0 Å². The maximum atomic E-state index is 4.34. The lowest BCUT2D eigenvalue weighted by Crippen LogP contribution is -2.08. The molecule has 0 bridgehead atoms. The zero-order valence-electron chi connectivity index (χ0n) is 11.5. The quantitative estimate of drug-likeness (QED) is 0.880. The molecule has 1 heterocycles. The lowest BCUT2D eigenvalue weighted by molar-refractivity contribution is 0.410. The van der Waals surface area contributed by atoms with Crippen LogP contribution in [-0.4, -0.2) is 24.3 Å². The number of nitrogens with one attached hydrogen (secondary N) is 2. The maximum Gasteiger partial charge on any atom is 0.152 e. The number of nitrogens with zero attached hydrogens (tertiary/aromatic N) is 2. The Morgan fingerprint density at radius 2 is 2.11 bits per heavy atom. The van der Waals surface area contributed by atoms with Crippen LogP contribution in [0.1, 0.15) is 30.9 Å². The van der Waals surface area contributed by atoms with Crippen LogP contribution in [0.15, 0.2) is 30.3 Å². The summed E-state index contributed by atoms with van der Waals surface area (Å²) >= 11 is 0. The van der Waals surface area contributed by atoms with Gasteiger partial charge >= 0.3 is 0 Å². The molecule has 1 aromatic carbocycles. The standard InChI is InChI=1S/C15H20N4/c1-19(2)13-8-4-7-12(9-13)16-15-10-14(17-18-15)11-5-3-6-11/h4,7-11H,3,5-6H2,1-2H3,(H2,16,17,18). The average Bonchev–Trinajstić information content (AvgIpc) is 2.75. The molecule has 1 saturated carbocycles. The maximum absolute atomic E-state index is 4.34. The molecule has 2 aromatic rings. The number of hydrogen-bond acceptors (Lipinski definition) is 3. The molecule has 1 fully saturated rings. The van der Waals surface area contributed by atoms with E-state index in [2.05, 4.69) is 50.7 Å². The number of aromatic nitrogens is 2. The summed E-state index contributed by atoms with van der Waals surface area (Å²) in [6.45, 7) is 0. The smallest absolute Gasteiger partial charge is 0.152 e. The number of aromatic amines is 1. The minimum Gasteiger partial charge on any atom is -0.378 e. The van der Waals surface area contributed by atoms with Gasteiger partial charge in [-0.15, -0.1) is 0 Å². The predicted molar refractivity (Wildman–Crippen MR) is 79.2 cm³/mol. The van der Waals surface area contributed by atoms with Crippen LogP contribution in [0, 0.1) is 0 Å². The van der Waals surface area contributed by atoms with Gasteiger partial charge in [0, 0.05) is 43.1 Å². The Morgan fingerprint density at radius 1 is 1.26 bits per heavy atom. The Kier molecular flexibility index (Phi) is 3.15. The highest BCUT2D eigenvalue weighted by Gasteiger charge is 2.21. The van der Waals surface area contributed by atoms with Gasteiger partial charge in [-0.05, 0) is 31.0 Å². The molecule has 0 atom stereocenters. The number of hydrogen-bond donors (Lipinski definition) is 2. The van der Waals surface area contributed by atoms with Crippen LogP contribution in [0.25, 0.3) is 0 Å². The van der Waals surface area contributed by atoms with Gasteiger partial charge < -0.3 is 10.2 Å². The third kappa shape index (κ3) is 2.57. The van der Waals surface area contributed by atoms with Crippen molar-refractivity contribution in [1.82, 2.24) is 10.2 Å². The molecule has 100 valence electrons. The molecule has 0 unspecified atom stereocenters. The molecule has 1 aliphatic carbocycles. The third-order valence-corrected chi connectivity index (χ3v) is 3.78. The third-order valence-electron chi connectivity index (χ3n) is 3.78. The van der Waals surface area contributed by atoms with Gasteiger partial charge in [-0.1, -0.05) is 12.5 Å². The van der Waals surface area contributed by atoms with Gasteiger partial charge in [0.1, 0.15) is 0 Å². The van der Waals surface area contributed by atoms with E-state index in [1.807, 2.05) is 14.1 Å². The molecule has 4 heteroatoms. The first-order valence-electron chi connectivity index (χ1n) is 6.82. The highest BCUT2D eigenvalue weighted by molar-refractivity contribution is 5.63. The van der Waals surface area contributed by atoms with Crippen molar-refractivity contribution in [2.45, 2.75) is 25.2 Å². The fourth-order valence-corrected chi connectivity index (χ4v) is 2.34. The predicted octanol–water partition coefficient (Wildman–Crippen LogP) is 3.49. The van der Waals surface area contributed by atoms with Gasteiger partial charge in [0.15, 0.2) is 5.82 Å². The molecule has 19 heavy (non-hydrogen) atoms. The largest absolute Gasteiger partial charge is 0.378 e. The number of benzene rings is 1. The van der Waals surface area contributed by atoms with Gasteiger partial charge in [0.05, 0.1) is 0 Å². The molecule has 0 aliphatic heterocycles. The highest BCUT2D eigenvalue weighted by atomic mass is 15.2. The second-order valence-corrected chi connectivity index (χ2v) is 5.41. The molecule has 1 aliphatic rings. The SMILES string of the molecule is CN(C)c1cccc(Nc2cc(C3CCC3)[nH]n2)c1. The van der Waals surface area contributed by atoms with E-state index in [-0.39, 0.29) is 0 Å². The van der Waals surface area contributed by atoms with Crippen LogP contribution in [-0.2, 0) is 0 Å². The molecule has 4 nitrogen and oxygen atoms in total. The zero-order chi connectivity index (χ0) is 13.2. The number of H-pyrrole nitrogens is 1. The van der Waals surface area contributed by atoms with Crippen molar-refractivity contribution in [3.05, 3.63) is 36.0 Å². The van der Waals surface area contributed by atoms with Crippen molar-refractivity contribution in [2.24, 2.45) is 0 Å². The summed E-state index contributed by atoms with van der Waals surface area (Å²) in [5, 5.41) is 10.8. The first kappa shape index (κ1) is 12.1. The summed E-state index contributed by atoms with van der Waals surface area (Å²) in [6.07, 6.45) is 3.92. The van der Waals surface area contributed by atoms with E-state index in [0.717, 1.165) is 11.5 Å². The molecular formula is C15H20N4. The highest BCUT2D eigenvalue weighted by Crippen LogP contribution is 2.36. The molecule has 1 aromatic heterocycles. The Bertz CT molecular complexity index is 555. The summed E-state index contributed by atoms with van der Waals surface area (Å²) in [5.74, 6) is 1.59. The monoisotopic (exact) mass is 256 g/mol. The van der Waals surface area contributed by atoms with Crippen LogP contribution in [0.2, 0.25) is 0 Å². The fraction of sp³-hybridized carbons (Fsp3) is 0.400. The van der Waals surface area contributed by atoms with E-state index in [4.69, 9.17) is 0 Å². The first-order chi connectivity index (χ1) is 9.22. The van der Waals surface area contributed by atoms with Crippen molar-refractivity contribution < 1.29 is 0 Å². The lowest BCUT2D eigenvalue weighted by Gasteiger charge is -2.23. The normalized spacial score (nSPS) is 15.1. The van der Waals surface area contributed by atoms with Crippen LogP contribution in [0.4, 0.5) is 17.2 Å². The van der Waals surface area contributed by atoms with Crippen molar-refractivity contribution in [2.75, 3.05) is 24.3 Å². The van der Waals surface area contributed by atoms with Gasteiger partial charge in [0.2, 0.25) is 0 Å². The average molecular weight is 256 g/mol. The Morgan fingerprint density at radius 3 is 2.79 bits per heavy atom. The minimum atomic E-state index is 0.691. The molecular weight excluding hydrogens is 236 g/mol. The Labute approximate surface area is 113 Å². The van der Waals surface area contributed by atoms with E-state index in [1.165, 1.54) is 30.6 Å². The van der Waals surface area contributed by atoms with Crippen LogP contribution in [0.5, 0.6) is 0 Å². The van der Waals surface area contributed by atoms with E-state index < -0.39 is 0 Å². The van der Waals surface area contributed by atoms with Crippen molar-refractivity contribution in [3.63, 3.8) is 0 Å². The lowest BCUT2D eigenvalue weighted by atomic mass is 9.83. The topological polar surface area (TPSA) is 44.0 Å². The van der Waals surface area contributed by atoms with Crippen molar-refractivity contribution >= 4 is 17.2 Å².